The fourth-order valence-corrected chi connectivity index (χ4v) is 8.85. The SMILES string of the molecule is CCCCCC[C@H](C(=O)N1C[C@@]23CCC(CC2S1(=O)=O)C3(C)C)C(C)C. The van der Waals surface area contributed by atoms with Gasteiger partial charge in [-0.2, -0.15) is 0 Å². The van der Waals surface area contributed by atoms with Gasteiger partial charge in [0, 0.05) is 17.9 Å². The predicted octanol–water partition coefficient (Wildman–Crippen LogP) is 4.60. The van der Waals surface area contributed by atoms with Gasteiger partial charge in [0.1, 0.15) is 0 Å². The van der Waals surface area contributed by atoms with E-state index in [-0.39, 0.29) is 33.8 Å². The van der Waals surface area contributed by atoms with Crippen LogP contribution >= 0.6 is 0 Å². The molecule has 0 aromatic rings. The third-order valence-electron chi connectivity index (χ3n) is 8.19. The zero-order chi connectivity index (χ0) is 19.3. The summed E-state index contributed by atoms with van der Waals surface area (Å²) in [7, 11) is -3.51. The highest BCUT2D eigenvalue weighted by molar-refractivity contribution is 7.90. The number of amides is 1. The van der Waals surface area contributed by atoms with E-state index in [2.05, 4.69) is 34.6 Å². The Kier molecular flexibility index (Phi) is 5.26. The van der Waals surface area contributed by atoms with E-state index in [9.17, 15) is 13.2 Å². The summed E-state index contributed by atoms with van der Waals surface area (Å²) in [6.45, 7) is 11.2. The van der Waals surface area contributed by atoms with E-state index in [1.54, 1.807) is 0 Å². The van der Waals surface area contributed by atoms with Crippen molar-refractivity contribution in [1.82, 2.24) is 4.31 Å². The van der Waals surface area contributed by atoms with Crippen molar-refractivity contribution in [3.05, 3.63) is 0 Å². The zero-order valence-corrected chi connectivity index (χ0v) is 18.1. The maximum Gasteiger partial charge on any atom is 0.240 e. The second-order valence-corrected chi connectivity index (χ2v) is 12.0. The zero-order valence-electron chi connectivity index (χ0n) is 17.3. The Morgan fingerprint density at radius 2 is 1.88 bits per heavy atom. The minimum Gasteiger partial charge on any atom is -0.273 e. The maximum absolute atomic E-state index is 13.3. The summed E-state index contributed by atoms with van der Waals surface area (Å²) in [4.78, 5) is 13.3. The second kappa shape index (κ2) is 6.79. The number of hydrogen-bond donors (Lipinski definition) is 0. The first-order valence-electron chi connectivity index (χ1n) is 10.6. The van der Waals surface area contributed by atoms with E-state index in [1.165, 1.54) is 17.1 Å². The van der Waals surface area contributed by atoms with Crippen LogP contribution in [0.4, 0.5) is 0 Å². The van der Waals surface area contributed by atoms with Gasteiger partial charge in [0.2, 0.25) is 15.9 Å². The van der Waals surface area contributed by atoms with Gasteiger partial charge in [-0.25, -0.2) is 12.7 Å². The first kappa shape index (κ1) is 20.2. The molecule has 1 amide bonds. The van der Waals surface area contributed by atoms with Crippen LogP contribution in [0.1, 0.15) is 86.0 Å². The molecule has 2 unspecified atom stereocenters. The van der Waals surface area contributed by atoms with Crippen molar-refractivity contribution in [2.45, 2.75) is 91.2 Å². The average molecular weight is 384 g/mol. The summed E-state index contributed by atoms with van der Waals surface area (Å²) in [6.07, 6.45) is 8.13. The fourth-order valence-electron chi connectivity index (χ4n) is 6.21. The van der Waals surface area contributed by atoms with Crippen LogP contribution < -0.4 is 0 Å². The highest BCUT2D eigenvalue weighted by atomic mass is 32.2. The van der Waals surface area contributed by atoms with Crippen LogP contribution in [-0.4, -0.2) is 30.4 Å². The van der Waals surface area contributed by atoms with E-state index >= 15 is 0 Å². The highest BCUT2D eigenvalue weighted by Crippen LogP contribution is 2.70. The van der Waals surface area contributed by atoms with Crippen molar-refractivity contribution in [2.75, 3.05) is 6.54 Å². The first-order chi connectivity index (χ1) is 12.1. The van der Waals surface area contributed by atoms with Gasteiger partial charge in [0.15, 0.2) is 0 Å². The van der Waals surface area contributed by atoms with E-state index in [4.69, 9.17) is 0 Å². The first-order valence-corrected chi connectivity index (χ1v) is 12.2. The van der Waals surface area contributed by atoms with Gasteiger partial charge in [0.25, 0.3) is 0 Å². The highest BCUT2D eigenvalue weighted by Gasteiger charge is 2.73. The van der Waals surface area contributed by atoms with Gasteiger partial charge in [0.05, 0.1) is 5.25 Å². The van der Waals surface area contributed by atoms with Gasteiger partial charge in [-0.05, 0) is 42.9 Å². The molecule has 4 atom stereocenters. The van der Waals surface area contributed by atoms with Gasteiger partial charge in [-0.3, -0.25) is 4.79 Å². The summed E-state index contributed by atoms with van der Waals surface area (Å²) < 4.78 is 27.9. The molecule has 26 heavy (non-hydrogen) atoms. The molecule has 1 heterocycles. The van der Waals surface area contributed by atoms with Crippen molar-refractivity contribution in [1.29, 1.82) is 0 Å². The predicted molar refractivity (Wildman–Crippen MR) is 105 cm³/mol. The lowest BCUT2D eigenvalue weighted by Crippen LogP contribution is -2.42. The van der Waals surface area contributed by atoms with Gasteiger partial charge >= 0.3 is 0 Å². The number of unbranched alkanes of at least 4 members (excludes halogenated alkanes) is 3. The quantitative estimate of drug-likeness (QED) is 0.604. The Morgan fingerprint density at radius 3 is 2.42 bits per heavy atom. The molecule has 0 N–H and O–H groups in total. The smallest absolute Gasteiger partial charge is 0.240 e. The molecule has 3 rings (SSSR count). The third kappa shape index (κ3) is 2.75. The molecule has 2 saturated carbocycles. The van der Waals surface area contributed by atoms with Crippen molar-refractivity contribution >= 4 is 15.9 Å². The van der Waals surface area contributed by atoms with Crippen LogP contribution in [0.15, 0.2) is 0 Å². The largest absolute Gasteiger partial charge is 0.273 e. The summed E-state index contributed by atoms with van der Waals surface area (Å²) in [5.41, 5.74) is -0.190. The summed E-state index contributed by atoms with van der Waals surface area (Å²) in [6, 6.07) is 0. The lowest BCUT2D eigenvalue weighted by atomic mass is 9.69. The molecule has 2 aliphatic carbocycles. The van der Waals surface area contributed by atoms with Gasteiger partial charge < -0.3 is 0 Å². The molecule has 0 radical (unpaired) electrons. The van der Waals surface area contributed by atoms with Gasteiger partial charge in [-0.1, -0.05) is 60.3 Å². The molecule has 1 spiro atoms. The van der Waals surface area contributed by atoms with E-state index in [1.807, 2.05) is 0 Å². The fraction of sp³-hybridized carbons (Fsp3) is 0.952. The van der Waals surface area contributed by atoms with Crippen LogP contribution in [0.5, 0.6) is 0 Å². The maximum atomic E-state index is 13.3. The molecule has 1 aliphatic heterocycles. The number of carbonyl (C=O) groups excluding carboxylic acids is 1. The molecule has 2 bridgehead atoms. The molecule has 0 aromatic carbocycles. The number of hydrogen-bond acceptors (Lipinski definition) is 3. The molecule has 3 fully saturated rings. The Balaban J connectivity index is 1.81. The topological polar surface area (TPSA) is 54.5 Å². The minimum atomic E-state index is -3.51. The molecular formula is C21H37NO3S. The van der Waals surface area contributed by atoms with E-state index in [0.29, 0.717) is 12.5 Å². The molecule has 1 saturated heterocycles. The van der Waals surface area contributed by atoms with Crippen molar-refractivity contribution in [3.63, 3.8) is 0 Å². The Bertz CT molecular complexity index is 654. The lowest BCUT2D eigenvalue weighted by Gasteiger charge is -2.36. The Labute approximate surface area is 160 Å². The molecule has 3 aliphatic rings. The molecule has 4 nitrogen and oxygen atoms in total. The second-order valence-electron chi connectivity index (χ2n) is 9.93. The number of nitrogens with zero attached hydrogens (tertiary/aromatic N) is 1. The summed E-state index contributed by atoms with van der Waals surface area (Å²) >= 11 is 0. The third-order valence-corrected chi connectivity index (χ3v) is 10.5. The Hall–Kier alpha value is -0.580. The molecular weight excluding hydrogens is 346 g/mol. The van der Waals surface area contributed by atoms with Crippen LogP contribution in [0.2, 0.25) is 0 Å². The summed E-state index contributed by atoms with van der Waals surface area (Å²) in [5, 5.41) is -0.333. The van der Waals surface area contributed by atoms with Crippen LogP contribution in [0.25, 0.3) is 0 Å². The molecule has 0 aromatic heterocycles. The normalized spacial score (nSPS) is 35.1. The number of carbonyl (C=O) groups is 1. The minimum absolute atomic E-state index is 0.0220. The molecule has 5 heteroatoms. The van der Waals surface area contributed by atoms with E-state index < -0.39 is 10.0 Å². The van der Waals surface area contributed by atoms with Gasteiger partial charge in [-0.15, -0.1) is 0 Å². The monoisotopic (exact) mass is 383 g/mol. The van der Waals surface area contributed by atoms with Crippen molar-refractivity contribution in [2.24, 2.45) is 28.6 Å². The average Bonchev–Trinajstić information content (AvgIpc) is 3.05. The van der Waals surface area contributed by atoms with Crippen LogP contribution in [0, 0.1) is 28.6 Å². The molecule has 150 valence electrons. The number of fused-ring (bicyclic) bond motifs is 1. The van der Waals surface area contributed by atoms with E-state index in [0.717, 1.165) is 38.5 Å². The summed E-state index contributed by atoms with van der Waals surface area (Å²) in [5.74, 6) is 0.382. The number of sulfonamides is 1. The van der Waals surface area contributed by atoms with Crippen LogP contribution in [-0.2, 0) is 14.8 Å². The van der Waals surface area contributed by atoms with Crippen molar-refractivity contribution in [3.8, 4) is 0 Å². The standard InChI is InChI=1S/C21H37NO3S/c1-6-7-8-9-10-17(15(2)3)19(23)22-14-21-12-11-16(20(21,4)5)13-18(21)26(22,24)25/h15-18H,6-14H2,1-5H3/t16?,17-,18?,21-/m0/s1. The van der Waals surface area contributed by atoms with Crippen molar-refractivity contribution < 1.29 is 13.2 Å². The van der Waals surface area contributed by atoms with Crippen LogP contribution in [0.3, 0.4) is 0 Å². The number of rotatable bonds is 7. The Morgan fingerprint density at radius 1 is 1.19 bits per heavy atom. The lowest BCUT2D eigenvalue weighted by molar-refractivity contribution is -0.133.